The van der Waals surface area contributed by atoms with Crippen LogP contribution in [0.3, 0.4) is 0 Å². The number of hydrogen-bond donors (Lipinski definition) is 0. The predicted molar refractivity (Wildman–Crippen MR) is 201 cm³/mol. The molecule has 230 valence electrons. The molecule has 2 nitrogen and oxygen atoms in total. The van der Waals surface area contributed by atoms with E-state index < -0.39 is 0 Å². The molecule has 8 aromatic rings. The maximum absolute atomic E-state index is 6.35. The van der Waals surface area contributed by atoms with E-state index in [1.165, 1.54) is 55.3 Å². The Kier molecular flexibility index (Phi) is 6.58. The van der Waals surface area contributed by atoms with Gasteiger partial charge in [-0.15, -0.1) is 0 Å². The first-order valence-corrected chi connectivity index (χ1v) is 16.8. The van der Waals surface area contributed by atoms with Gasteiger partial charge in [-0.05, 0) is 99.5 Å². The minimum Gasteiger partial charge on any atom is -0.456 e. The molecule has 1 aliphatic rings. The monoisotopic (exact) mass is 617 g/mol. The molecule has 1 heterocycles. The molecule has 0 bridgehead atoms. The first-order valence-electron chi connectivity index (χ1n) is 16.8. The number of fused-ring (bicyclic) bond motifs is 7. The van der Waals surface area contributed by atoms with Crippen LogP contribution in [0.4, 0.5) is 17.1 Å². The van der Waals surface area contributed by atoms with Crippen molar-refractivity contribution in [3.8, 4) is 33.4 Å². The van der Waals surface area contributed by atoms with Crippen molar-refractivity contribution in [2.24, 2.45) is 0 Å². The third kappa shape index (κ3) is 4.41. The zero-order valence-electron chi connectivity index (χ0n) is 27.2. The van der Waals surface area contributed by atoms with Crippen molar-refractivity contribution in [3.05, 3.63) is 175 Å². The number of anilines is 3. The van der Waals surface area contributed by atoms with Crippen LogP contribution in [0.25, 0.3) is 55.3 Å². The zero-order valence-corrected chi connectivity index (χ0v) is 27.2. The third-order valence-corrected chi connectivity index (χ3v) is 10.4. The Labute approximate surface area is 281 Å². The van der Waals surface area contributed by atoms with Gasteiger partial charge >= 0.3 is 0 Å². The first-order chi connectivity index (χ1) is 23.6. The van der Waals surface area contributed by atoms with Crippen molar-refractivity contribution in [1.29, 1.82) is 0 Å². The summed E-state index contributed by atoms with van der Waals surface area (Å²) in [6.07, 6.45) is 0.993. The highest BCUT2D eigenvalue weighted by Gasteiger charge is 2.40. The van der Waals surface area contributed by atoms with Gasteiger partial charge < -0.3 is 9.32 Å². The Morgan fingerprint density at radius 2 is 1.12 bits per heavy atom. The summed E-state index contributed by atoms with van der Waals surface area (Å²) in [5.41, 5.74) is 15.3. The molecule has 0 N–H and O–H groups in total. The van der Waals surface area contributed by atoms with E-state index in [9.17, 15) is 0 Å². The normalized spacial score (nSPS) is 15.0. The maximum atomic E-state index is 6.35. The van der Waals surface area contributed by atoms with Gasteiger partial charge in [0.15, 0.2) is 0 Å². The van der Waals surface area contributed by atoms with Crippen LogP contribution < -0.4 is 4.90 Å². The van der Waals surface area contributed by atoms with Crippen LogP contribution in [-0.2, 0) is 5.41 Å². The Bertz CT molecular complexity index is 2440. The Morgan fingerprint density at radius 1 is 0.500 bits per heavy atom. The van der Waals surface area contributed by atoms with E-state index >= 15 is 0 Å². The number of nitrogens with zero attached hydrogens (tertiary/aromatic N) is 1. The van der Waals surface area contributed by atoms with Crippen molar-refractivity contribution < 1.29 is 4.42 Å². The quantitative estimate of drug-likeness (QED) is 0.185. The van der Waals surface area contributed by atoms with Gasteiger partial charge in [0, 0.05) is 33.2 Å². The second-order valence-corrected chi connectivity index (χ2v) is 13.0. The molecule has 0 amide bonds. The van der Waals surface area contributed by atoms with Crippen molar-refractivity contribution in [1.82, 2.24) is 0 Å². The molecule has 1 aliphatic carbocycles. The topological polar surface area (TPSA) is 16.4 Å². The van der Waals surface area contributed by atoms with E-state index in [2.05, 4.69) is 183 Å². The third-order valence-electron chi connectivity index (χ3n) is 10.4. The largest absolute Gasteiger partial charge is 0.456 e. The van der Waals surface area contributed by atoms with Crippen LogP contribution in [0, 0.1) is 0 Å². The molecule has 48 heavy (non-hydrogen) atoms. The molecule has 1 atom stereocenters. The van der Waals surface area contributed by atoms with Crippen LogP contribution in [0.15, 0.2) is 168 Å². The van der Waals surface area contributed by atoms with Crippen LogP contribution in [0.2, 0.25) is 0 Å². The fourth-order valence-corrected chi connectivity index (χ4v) is 7.76. The van der Waals surface area contributed by atoms with E-state index in [4.69, 9.17) is 4.42 Å². The van der Waals surface area contributed by atoms with E-state index in [-0.39, 0.29) is 5.41 Å². The van der Waals surface area contributed by atoms with Crippen LogP contribution in [0.1, 0.15) is 31.4 Å². The van der Waals surface area contributed by atoms with Crippen molar-refractivity contribution in [2.45, 2.75) is 25.7 Å². The van der Waals surface area contributed by atoms with Crippen LogP contribution >= 0.6 is 0 Å². The molecular weight excluding hydrogens is 583 g/mol. The number of furan rings is 1. The number of hydrogen-bond acceptors (Lipinski definition) is 2. The van der Waals surface area contributed by atoms with Gasteiger partial charge in [-0.25, -0.2) is 0 Å². The Balaban J connectivity index is 1.24. The summed E-state index contributed by atoms with van der Waals surface area (Å²) >= 11 is 0. The molecule has 0 aliphatic heterocycles. The lowest BCUT2D eigenvalue weighted by Gasteiger charge is -2.30. The minimum atomic E-state index is -0.137. The van der Waals surface area contributed by atoms with Crippen molar-refractivity contribution in [3.63, 3.8) is 0 Å². The molecule has 7 aromatic carbocycles. The number of benzene rings is 7. The second kappa shape index (κ2) is 11.1. The number of rotatable bonds is 6. The fourth-order valence-electron chi connectivity index (χ4n) is 7.76. The standard InChI is InChI=1S/C46H35NO/c1-3-46(2)40-27-28-43-45(39-19-10-11-20-42(39)48-43)44(40)38-26-25-37(30-41(38)46)47(35-23-21-33(22-24-35)31-13-6-4-7-14-31)36-18-12-17-34(29-36)32-15-8-5-9-16-32/h4-30H,3H2,1-2H3. The molecule has 0 fully saturated rings. The molecule has 1 unspecified atom stereocenters. The van der Waals surface area contributed by atoms with E-state index in [0.717, 1.165) is 34.6 Å². The molecular formula is C46H35NO. The summed E-state index contributed by atoms with van der Waals surface area (Å²) in [5, 5.41) is 2.40. The lowest BCUT2D eigenvalue weighted by Crippen LogP contribution is -2.20. The Morgan fingerprint density at radius 3 is 1.88 bits per heavy atom. The van der Waals surface area contributed by atoms with Gasteiger partial charge in [-0.3, -0.25) is 0 Å². The maximum Gasteiger partial charge on any atom is 0.136 e. The highest BCUT2D eigenvalue weighted by Crippen LogP contribution is 2.55. The highest BCUT2D eigenvalue weighted by atomic mass is 16.3. The lowest BCUT2D eigenvalue weighted by atomic mass is 9.77. The van der Waals surface area contributed by atoms with Gasteiger partial charge in [-0.1, -0.05) is 129 Å². The van der Waals surface area contributed by atoms with Gasteiger partial charge in [0.1, 0.15) is 11.2 Å². The minimum absolute atomic E-state index is 0.137. The highest BCUT2D eigenvalue weighted by molar-refractivity contribution is 6.15. The van der Waals surface area contributed by atoms with Gasteiger partial charge in [-0.2, -0.15) is 0 Å². The predicted octanol–water partition coefficient (Wildman–Crippen LogP) is 13.1. The zero-order chi connectivity index (χ0) is 32.2. The fraction of sp³-hybridized carbons (Fsp3) is 0.0870. The molecule has 9 rings (SSSR count). The van der Waals surface area contributed by atoms with Crippen molar-refractivity contribution in [2.75, 3.05) is 4.90 Å². The lowest BCUT2D eigenvalue weighted by molar-refractivity contribution is 0.564. The van der Waals surface area contributed by atoms with Gasteiger partial charge in [0.2, 0.25) is 0 Å². The molecule has 0 saturated carbocycles. The molecule has 1 aromatic heterocycles. The number of para-hydroxylation sites is 1. The summed E-state index contributed by atoms with van der Waals surface area (Å²) < 4.78 is 6.35. The van der Waals surface area contributed by atoms with Gasteiger partial charge in [0.05, 0.1) is 0 Å². The molecule has 2 heteroatoms. The summed E-state index contributed by atoms with van der Waals surface area (Å²) in [4.78, 5) is 2.41. The van der Waals surface area contributed by atoms with Gasteiger partial charge in [0.25, 0.3) is 0 Å². The molecule has 0 radical (unpaired) electrons. The van der Waals surface area contributed by atoms with E-state index in [1.807, 2.05) is 0 Å². The van der Waals surface area contributed by atoms with Crippen LogP contribution in [-0.4, -0.2) is 0 Å². The van der Waals surface area contributed by atoms with E-state index in [1.54, 1.807) is 0 Å². The van der Waals surface area contributed by atoms with E-state index in [0.29, 0.717) is 0 Å². The SMILES string of the molecule is CCC1(C)c2cc(N(c3ccc(-c4ccccc4)cc3)c3cccc(-c4ccccc4)c3)ccc2-c2c1ccc1oc3ccccc3c21. The first kappa shape index (κ1) is 28.4. The summed E-state index contributed by atoms with van der Waals surface area (Å²) in [7, 11) is 0. The molecule has 0 spiro atoms. The summed E-state index contributed by atoms with van der Waals surface area (Å²) in [6, 6.07) is 59.1. The summed E-state index contributed by atoms with van der Waals surface area (Å²) in [5.74, 6) is 0. The smallest absolute Gasteiger partial charge is 0.136 e. The van der Waals surface area contributed by atoms with Crippen molar-refractivity contribution >= 4 is 39.0 Å². The van der Waals surface area contributed by atoms with Crippen LogP contribution in [0.5, 0.6) is 0 Å². The molecule has 0 saturated heterocycles. The second-order valence-electron chi connectivity index (χ2n) is 13.0. The summed E-state index contributed by atoms with van der Waals surface area (Å²) in [6.45, 7) is 4.72. The average Bonchev–Trinajstić information content (AvgIpc) is 3.66. The Hall–Kier alpha value is -5.86. The average molecular weight is 618 g/mol.